The Kier molecular flexibility index (Phi) is 9.57. The maximum atomic E-state index is 10.4. The van der Waals surface area contributed by atoms with Crippen molar-refractivity contribution >= 4 is 38.8 Å². The van der Waals surface area contributed by atoms with Gasteiger partial charge in [-0.3, -0.25) is 0 Å². The quantitative estimate of drug-likeness (QED) is 0.203. The summed E-state index contributed by atoms with van der Waals surface area (Å²) >= 11 is 7.06. The molecule has 242 valence electrons. The van der Waals surface area contributed by atoms with Crippen molar-refractivity contribution in [1.82, 2.24) is 0 Å². The van der Waals surface area contributed by atoms with Crippen LogP contribution in [-0.4, -0.2) is 37.4 Å². The van der Waals surface area contributed by atoms with E-state index in [9.17, 15) is 13.0 Å². The lowest BCUT2D eigenvalue weighted by Gasteiger charge is -2.24. The van der Waals surface area contributed by atoms with Gasteiger partial charge < -0.3 is 9.45 Å². The third kappa shape index (κ3) is 6.53. The van der Waals surface area contributed by atoms with Crippen molar-refractivity contribution in [3.05, 3.63) is 124 Å². The zero-order valence-electron chi connectivity index (χ0n) is 28.0. The van der Waals surface area contributed by atoms with E-state index in [1.54, 1.807) is 12.1 Å². The van der Waals surface area contributed by atoms with Crippen LogP contribution in [0.1, 0.15) is 76.5 Å². The molecule has 0 saturated heterocycles. The van der Waals surface area contributed by atoms with Crippen LogP contribution in [0.25, 0.3) is 0 Å². The summed E-state index contributed by atoms with van der Waals surface area (Å²) in [5.41, 5.74) is 11.9. The lowest BCUT2D eigenvalue weighted by atomic mass is 9.79. The van der Waals surface area contributed by atoms with E-state index in [4.69, 9.17) is 11.6 Å². The first kappa shape index (κ1) is 33.9. The molecular formula is C39H45ClN2O3S. The highest BCUT2D eigenvalue weighted by Crippen LogP contribution is 2.47. The number of para-hydroxylation sites is 2. The molecule has 3 aromatic rings. The van der Waals surface area contributed by atoms with Gasteiger partial charge in [0.1, 0.15) is 17.2 Å². The van der Waals surface area contributed by atoms with Gasteiger partial charge in [-0.15, -0.1) is 0 Å². The molecule has 0 unspecified atom stereocenters. The molecule has 0 aromatic heterocycles. The Bertz CT molecular complexity index is 1880. The normalized spacial score (nSPS) is 20.2. The molecule has 7 heteroatoms. The van der Waals surface area contributed by atoms with E-state index in [-0.39, 0.29) is 15.7 Å². The number of nitrogens with zero attached hydrogens (tertiary/aromatic N) is 2. The van der Waals surface area contributed by atoms with Crippen LogP contribution < -0.4 is 4.90 Å². The minimum atomic E-state index is -4.27. The minimum Gasteiger partial charge on any atom is -0.744 e. The van der Waals surface area contributed by atoms with Crippen molar-refractivity contribution in [2.75, 3.05) is 19.0 Å². The molecule has 0 radical (unpaired) electrons. The molecule has 0 bridgehead atoms. The van der Waals surface area contributed by atoms with Gasteiger partial charge in [0.25, 0.3) is 0 Å². The lowest BCUT2D eigenvalue weighted by Crippen LogP contribution is -2.28. The molecule has 0 N–H and O–H groups in total. The third-order valence-electron chi connectivity index (χ3n) is 9.94. The molecule has 0 saturated carbocycles. The van der Waals surface area contributed by atoms with E-state index >= 15 is 0 Å². The summed E-state index contributed by atoms with van der Waals surface area (Å²) < 4.78 is 33.6. The summed E-state index contributed by atoms with van der Waals surface area (Å²) in [7, 11) is 0.125. The molecule has 3 aliphatic rings. The van der Waals surface area contributed by atoms with Crippen LogP contribution in [-0.2, 0) is 20.9 Å². The van der Waals surface area contributed by atoms with Crippen molar-refractivity contribution in [2.24, 2.45) is 0 Å². The highest BCUT2D eigenvalue weighted by atomic mass is 35.5. The summed E-state index contributed by atoms with van der Waals surface area (Å²) in [6, 6.07) is 23.3. The number of anilines is 1. The molecule has 6 rings (SSSR count). The molecule has 2 heterocycles. The number of aryl methyl sites for hydroxylation is 1. The predicted octanol–water partition coefficient (Wildman–Crippen LogP) is 9.29. The molecule has 2 aliphatic heterocycles. The van der Waals surface area contributed by atoms with Crippen molar-refractivity contribution in [3.63, 3.8) is 0 Å². The van der Waals surface area contributed by atoms with Crippen molar-refractivity contribution in [1.29, 1.82) is 0 Å². The number of fused-ring (bicyclic) bond motifs is 2. The first-order valence-electron chi connectivity index (χ1n) is 16.0. The summed E-state index contributed by atoms with van der Waals surface area (Å²) in [6.07, 6.45) is 10.00. The summed E-state index contributed by atoms with van der Waals surface area (Å²) in [4.78, 5) is 2.16. The Morgan fingerprint density at radius 3 is 2.13 bits per heavy atom. The van der Waals surface area contributed by atoms with Gasteiger partial charge in [-0.05, 0) is 81.9 Å². The first-order valence-corrected chi connectivity index (χ1v) is 17.8. The Hall–Kier alpha value is -3.45. The average molecular weight is 657 g/mol. The fourth-order valence-electron chi connectivity index (χ4n) is 7.28. The molecule has 46 heavy (non-hydrogen) atoms. The molecule has 0 atom stereocenters. The minimum absolute atomic E-state index is 0.0135. The monoisotopic (exact) mass is 656 g/mol. The second-order valence-corrected chi connectivity index (χ2v) is 15.4. The summed E-state index contributed by atoms with van der Waals surface area (Å²) in [5, 5.41) is 1.00. The number of halogens is 1. The van der Waals surface area contributed by atoms with Crippen LogP contribution >= 0.6 is 11.6 Å². The van der Waals surface area contributed by atoms with Crippen molar-refractivity contribution in [3.8, 4) is 0 Å². The van der Waals surface area contributed by atoms with Gasteiger partial charge in [-0.2, -0.15) is 0 Å². The molecular weight excluding hydrogens is 612 g/mol. The van der Waals surface area contributed by atoms with Gasteiger partial charge in [0.05, 0.1) is 10.3 Å². The van der Waals surface area contributed by atoms with Crippen LogP contribution in [0.2, 0.25) is 0 Å². The maximum absolute atomic E-state index is 10.4. The van der Waals surface area contributed by atoms with E-state index in [1.165, 1.54) is 63.6 Å². The van der Waals surface area contributed by atoms with E-state index in [0.717, 1.165) is 36.3 Å². The molecule has 0 amide bonds. The first-order chi connectivity index (χ1) is 21.6. The van der Waals surface area contributed by atoms with Crippen LogP contribution in [0.15, 0.2) is 112 Å². The molecule has 1 aliphatic carbocycles. The van der Waals surface area contributed by atoms with E-state index in [1.807, 2.05) is 6.92 Å². The standard InChI is InChI=1S/C32H38ClN2.C7H8O3S/c1-31(2)24-14-7-9-16-26(24)34(5)28(31)20-18-22-12-11-13-23(30(22)33)19-21-29-32(3,4)25-15-8-10-17-27(25)35(29)6;1-6-2-4-7(5-3-6)11(8,9)10/h7-10,14-18,20H,11-13,19,21H2,1-6H3;2-5H,1H3,(H,8,9,10)/q+1;/p-1/b22-18+,28-20+;. The van der Waals surface area contributed by atoms with Gasteiger partial charge in [0.15, 0.2) is 5.71 Å². The van der Waals surface area contributed by atoms with Crippen LogP contribution in [0.4, 0.5) is 11.4 Å². The number of allylic oxidation sites excluding steroid dienone is 6. The van der Waals surface area contributed by atoms with Crippen molar-refractivity contribution < 1.29 is 17.5 Å². The zero-order valence-corrected chi connectivity index (χ0v) is 29.6. The number of rotatable bonds is 5. The zero-order chi connectivity index (χ0) is 33.4. The van der Waals surface area contributed by atoms with Crippen LogP contribution in [0, 0.1) is 6.92 Å². The second kappa shape index (κ2) is 13.0. The van der Waals surface area contributed by atoms with Gasteiger partial charge >= 0.3 is 0 Å². The Morgan fingerprint density at radius 2 is 1.50 bits per heavy atom. The molecule has 0 spiro atoms. The Balaban J connectivity index is 0.000000322. The summed E-state index contributed by atoms with van der Waals surface area (Å²) in [5.74, 6) is 0. The van der Waals surface area contributed by atoms with Crippen LogP contribution in [0.3, 0.4) is 0 Å². The van der Waals surface area contributed by atoms with Gasteiger partial charge in [0.2, 0.25) is 5.69 Å². The highest BCUT2D eigenvalue weighted by molar-refractivity contribution is 7.85. The number of hydrogen-bond donors (Lipinski definition) is 0. The molecule has 5 nitrogen and oxygen atoms in total. The third-order valence-corrected chi connectivity index (χ3v) is 11.3. The molecule has 0 fully saturated rings. The summed E-state index contributed by atoms with van der Waals surface area (Å²) in [6.45, 7) is 11.2. The van der Waals surface area contributed by atoms with Gasteiger partial charge in [-0.1, -0.05) is 91.2 Å². The highest BCUT2D eigenvalue weighted by Gasteiger charge is 2.43. The van der Waals surface area contributed by atoms with Gasteiger partial charge in [0, 0.05) is 46.9 Å². The van der Waals surface area contributed by atoms with Crippen LogP contribution in [0.5, 0.6) is 0 Å². The topological polar surface area (TPSA) is 63.5 Å². The number of benzene rings is 3. The Morgan fingerprint density at radius 1 is 0.870 bits per heavy atom. The average Bonchev–Trinajstić information content (AvgIpc) is 3.33. The fourth-order valence-corrected chi connectivity index (χ4v) is 8.10. The number of hydrogen-bond acceptors (Lipinski definition) is 4. The molecule has 3 aromatic carbocycles. The smallest absolute Gasteiger partial charge is 0.209 e. The fraction of sp³-hybridized carbons (Fsp3) is 0.359. The maximum Gasteiger partial charge on any atom is 0.209 e. The lowest BCUT2D eigenvalue weighted by molar-refractivity contribution is -0.404. The Labute approximate surface area is 280 Å². The van der Waals surface area contributed by atoms with Crippen molar-refractivity contribution in [2.45, 2.75) is 82.4 Å². The predicted molar refractivity (Wildman–Crippen MR) is 189 cm³/mol. The van der Waals surface area contributed by atoms with E-state index in [0.29, 0.717) is 0 Å². The van der Waals surface area contributed by atoms with E-state index in [2.05, 4.69) is 112 Å². The second-order valence-electron chi connectivity index (χ2n) is 13.6. The number of likely N-dealkylation sites (N-methyl/N-ethyl adjacent to an activating group) is 1. The largest absolute Gasteiger partial charge is 0.744 e. The van der Waals surface area contributed by atoms with Gasteiger partial charge in [-0.25, -0.2) is 13.0 Å². The van der Waals surface area contributed by atoms with E-state index < -0.39 is 10.1 Å². The SMILES string of the molecule is CN1/C(=C/C=C2\CCCC(CCC3=[N+](C)c4ccccc4C3(C)C)=C2Cl)C(C)(C)c2ccccc21.Cc1ccc(S(=O)(=O)[O-])cc1.